The maximum atomic E-state index is 13.0. The van der Waals surface area contributed by atoms with Crippen LogP contribution in [0.2, 0.25) is 0 Å². The van der Waals surface area contributed by atoms with Crippen LogP contribution in [0.25, 0.3) is 10.9 Å². The van der Waals surface area contributed by atoms with Crippen molar-refractivity contribution in [2.45, 2.75) is 81.5 Å². The van der Waals surface area contributed by atoms with E-state index in [2.05, 4.69) is 46.1 Å². The Kier molecular flexibility index (Phi) is 5.03. The Morgan fingerprint density at radius 2 is 2.13 bits per heavy atom. The summed E-state index contributed by atoms with van der Waals surface area (Å²) in [6.07, 6.45) is 7.16. The molecule has 1 aromatic heterocycles. The van der Waals surface area contributed by atoms with Crippen molar-refractivity contribution in [3.8, 4) is 11.5 Å². The monoisotopic (exact) mass is 526 g/mol. The smallest absolute Gasteiger partial charge is 0.166 e. The summed E-state index contributed by atoms with van der Waals surface area (Å²) in [4.78, 5) is 10.8. The van der Waals surface area contributed by atoms with E-state index in [0.29, 0.717) is 18.7 Å². The van der Waals surface area contributed by atoms with Gasteiger partial charge < -0.3 is 25.7 Å². The molecule has 2 bridgehead atoms. The molecule has 2 aromatic carbocycles. The number of piperidine rings is 1. The topological polar surface area (TPSA) is 107 Å². The number of hydrogen-bond acceptors (Lipinski definition) is 5. The zero-order valence-electron chi connectivity index (χ0n) is 22.7. The van der Waals surface area contributed by atoms with Crippen LogP contribution in [0.3, 0.4) is 0 Å². The molecule has 7 heteroatoms. The molecule has 4 atom stereocenters. The minimum absolute atomic E-state index is 0.0399. The Balaban J connectivity index is 1.24. The van der Waals surface area contributed by atoms with Crippen molar-refractivity contribution in [3.63, 3.8) is 0 Å². The van der Waals surface area contributed by atoms with Gasteiger partial charge in [0.15, 0.2) is 17.6 Å². The average Bonchev–Trinajstić information content (AvgIpc) is 3.56. The fraction of sp³-hybridized carbons (Fsp3) is 0.531. The number of hydrogen-bond donors (Lipinski definition) is 4. The first-order chi connectivity index (χ1) is 18.9. The molecule has 2 aliphatic heterocycles. The zero-order chi connectivity index (χ0) is 26.5. The van der Waals surface area contributed by atoms with E-state index in [1.807, 2.05) is 0 Å². The van der Waals surface area contributed by atoms with E-state index in [1.165, 1.54) is 24.0 Å². The Hall–Kier alpha value is -3.03. The van der Waals surface area contributed by atoms with Gasteiger partial charge in [0.05, 0.1) is 22.5 Å². The highest BCUT2D eigenvalue weighted by Crippen LogP contribution is 2.69. The molecule has 8 rings (SSSR count). The van der Waals surface area contributed by atoms with Crippen LogP contribution in [0.4, 0.5) is 0 Å². The van der Waals surface area contributed by atoms with Crippen molar-refractivity contribution < 1.29 is 14.9 Å². The number of nitrogens with two attached hydrogens (primary N) is 1. The first kappa shape index (κ1) is 23.8. The molecule has 3 heterocycles. The molecule has 3 aromatic rings. The molecule has 0 radical (unpaired) electrons. The lowest BCUT2D eigenvalue weighted by Gasteiger charge is -2.62. The number of aliphatic hydroxyl groups is 1. The van der Waals surface area contributed by atoms with Crippen LogP contribution >= 0.6 is 0 Å². The Morgan fingerprint density at radius 1 is 1.26 bits per heavy atom. The maximum absolute atomic E-state index is 13.0. The number of aliphatic imine (C=N–C) groups is 1. The van der Waals surface area contributed by atoms with E-state index in [-0.39, 0.29) is 17.9 Å². The van der Waals surface area contributed by atoms with Crippen molar-refractivity contribution in [2.75, 3.05) is 19.6 Å². The highest BCUT2D eigenvalue weighted by Gasteiger charge is 2.72. The second kappa shape index (κ2) is 8.24. The minimum atomic E-state index is -0.964. The molecule has 2 fully saturated rings. The van der Waals surface area contributed by atoms with Gasteiger partial charge in [0.1, 0.15) is 0 Å². The van der Waals surface area contributed by atoms with Crippen LogP contribution < -0.4 is 10.5 Å². The zero-order valence-corrected chi connectivity index (χ0v) is 22.7. The predicted octanol–water partition coefficient (Wildman–Crippen LogP) is 4.27. The van der Waals surface area contributed by atoms with Gasteiger partial charge in [-0.25, -0.2) is 0 Å². The highest BCUT2D eigenvalue weighted by molar-refractivity contribution is 5.87. The summed E-state index contributed by atoms with van der Waals surface area (Å²) in [5, 5.41) is 25.1. The maximum Gasteiger partial charge on any atom is 0.166 e. The molecular formula is C32H38N4O3. The molecule has 0 unspecified atom stereocenters. The number of phenolic OH excluding ortho intramolecular Hbond substituents is 1. The van der Waals surface area contributed by atoms with Crippen molar-refractivity contribution in [1.29, 1.82) is 0 Å². The van der Waals surface area contributed by atoms with Crippen LogP contribution in [0.1, 0.15) is 73.1 Å². The number of phenols is 1. The lowest BCUT2D eigenvalue weighted by atomic mass is 9.49. The fourth-order valence-electron chi connectivity index (χ4n) is 8.49. The van der Waals surface area contributed by atoms with Crippen LogP contribution in [-0.4, -0.2) is 57.2 Å². The largest absolute Gasteiger partial charge is 0.504 e. The Morgan fingerprint density at radius 3 is 2.95 bits per heavy atom. The number of benzene rings is 2. The van der Waals surface area contributed by atoms with Crippen LogP contribution in [0.15, 0.2) is 35.3 Å². The molecule has 5 aliphatic rings. The number of amidine groups is 1. The summed E-state index contributed by atoms with van der Waals surface area (Å²) in [5.41, 5.74) is 11.3. The summed E-state index contributed by atoms with van der Waals surface area (Å²) in [5.74, 6) is 2.26. The predicted molar refractivity (Wildman–Crippen MR) is 152 cm³/mol. The third kappa shape index (κ3) is 3.20. The number of nitrogens with zero attached hydrogens (tertiary/aromatic N) is 2. The number of nitrogens with one attached hydrogen (secondary N) is 1. The molecule has 1 saturated carbocycles. The molecule has 7 nitrogen and oxygen atoms in total. The van der Waals surface area contributed by atoms with Crippen molar-refractivity contribution >= 4 is 16.7 Å². The van der Waals surface area contributed by atoms with Crippen molar-refractivity contribution in [3.05, 3.63) is 58.3 Å². The molecule has 3 aliphatic carbocycles. The van der Waals surface area contributed by atoms with Gasteiger partial charge >= 0.3 is 0 Å². The van der Waals surface area contributed by atoms with Crippen molar-refractivity contribution in [2.24, 2.45) is 16.6 Å². The SMILES string of the molecule is CCCC(N)=NCCc1ccc2[nH]c3c(c2c1)C[C@@]1(O)[C@@H]2Cc4ccc(O)c5c4[C@@]1(CCN2CC1CC1)[C@H]3O5. The number of aromatic hydroxyl groups is 1. The number of fused-ring (bicyclic) bond motifs is 4. The van der Waals surface area contributed by atoms with Crippen LogP contribution in [0.5, 0.6) is 11.5 Å². The van der Waals surface area contributed by atoms with Gasteiger partial charge in [-0.05, 0) is 85.9 Å². The Labute approximate surface area is 229 Å². The molecule has 5 N–H and O–H groups in total. The number of aromatic nitrogens is 1. The molecule has 1 spiro atoms. The lowest BCUT2D eigenvalue weighted by Crippen LogP contribution is -2.74. The number of aromatic amines is 1. The van der Waals surface area contributed by atoms with E-state index < -0.39 is 11.0 Å². The molecule has 1 saturated heterocycles. The normalized spacial score (nSPS) is 30.8. The summed E-state index contributed by atoms with van der Waals surface area (Å²) in [6.45, 7) is 4.82. The number of ether oxygens (including phenoxy) is 1. The van der Waals surface area contributed by atoms with Gasteiger partial charge in [0.25, 0.3) is 0 Å². The highest BCUT2D eigenvalue weighted by atomic mass is 16.5. The number of H-pyrrole nitrogens is 1. The van der Waals surface area contributed by atoms with Gasteiger partial charge in [-0.3, -0.25) is 9.89 Å². The third-order valence-corrected chi connectivity index (χ3v) is 10.4. The number of likely N-dealkylation sites (tertiary alicyclic amines) is 1. The fourth-order valence-corrected chi connectivity index (χ4v) is 8.49. The minimum Gasteiger partial charge on any atom is -0.504 e. The second-order valence-electron chi connectivity index (χ2n) is 12.7. The van der Waals surface area contributed by atoms with E-state index in [1.54, 1.807) is 6.07 Å². The molecular weight excluding hydrogens is 488 g/mol. The van der Waals surface area contributed by atoms with E-state index in [9.17, 15) is 10.2 Å². The molecule has 204 valence electrons. The van der Waals surface area contributed by atoms with Crippen molar-refractivity contribution in [1.82, 2.24) is 9.88 Å². The second-order valence-corrected chi connectivity index (χ2v) is 12.7. The summed E-state index contributed by atoms with van der Waals surface area (Å²) >= 11 is 0. The van der Waals surface area contributed by atoms with Gasteiger partial charge in [-0.1, -0.05) is 19.1 Å². The number of rotatable bonds is 7. The van der Waals surface area contributed by atoms with Gasteiger partial charge in [-0.2, -0.15) is 0 Å². The van der Waals surface area contributed by atoms with E-state index in [0.717, 1.165) is 84.7 Å². The standard InChI is InChI=1S/C32H38N4O3/c1-2-3-26(33)34-12-10-18-6-8-23-21(14-18)22-16-32(38)25-15-20-7-9-24(37)29-27(20)31(32,30(39-29)28(22)35-23)11-13-36(25)17-19-4-5-19/h6-9,14,19,25,30,35,37-38H,2-5,10-13,15-17H2,1H3,(H2,33,34)/t25-,30-,31-,32+/m0/s1. The summed E-state index contributed by atoms with van der Waals surface area (Å²) in [7, 11) is 0. The first-order valence-corrected chi connectivity index (χ1v) is 14.8. The average molecular weight is 527 g/mol. The van der Waals surface area contributed by atoms with Gasteiger partial charge in [0, 0.05) is 48.4 Å². The Bertz CT molecular complexity index is 1520. The van der Waals surface area contributed by atoms with Crippen LogP contribution in [-0.2, 0) is 24.7 Å². The summed E-state index contributed by atoms with van der Waals surface area (Å²) < 4.78 is 6.71. The van der Waals surface area contributed by atoms with E-state index in [4.69, 9.17) is 10.5 Å². The molecule has 0 amide bonds. The van der Waals surface area contributed by atoms with Gasteiger partial charge in [0.2, 0.25) is 0 Å². The quantitative estimate of drug-likeness (QED) is 0.272. The first-order valence-electron chi connectivity index (χ1n) is 14.8. The molecule has 39 heavy (non-hydrogen) atoms. The third-order valence-electron chi connectivity index (χ3n) is 10.4. The van der Waals surface area contributed by atoms with Crippen LogP contribution in [0, 0.1) is 5.92 Å². The van der Waals surface area contributed by atoms with E-state index >= 15 is 0 Å². The van der Waals surface area contributed by atoms with Gasteiger partial charge in [-0.15, -0.1) is 0 Å². The lowest BCUT2D eigenvalue weighted by molar-refractivity contribution is -0.173. The summed E-state index contributed by atoms with van der Waals surface area (Å²) in [6, 6.07) is 10.5.